The van der Waals surface area contributed by atoms with Gasteiger partial charge in [-0.2, -0.15) is 0 Å². The number of rotatable bonds is 7. The minimum atomic E-state index is -0.580. The third kappa shape index (κ3) is 4.09. The van der Waals surface area contributed by atoms with Crippen LogP contribution in [-0.2, 0) is 6.42 Å². The molecule has 2 N–H and O–H groups in total. The predicted octanol–water partition coefficient (Wildman–Crippen LogP) is 3.23. The summed E-state index contributed by atoms with van der Waals surface area (Å²) in [5.41, 5.74) is 0.836. The number of nitrogens with one attached hydrogen (secondary N) is 1. The topological polar surface area (TPSA) is 54.6 Å². The van der Waals surface area contributed by atoms with E-state index in [1.54, 1.807) is 7.11 Å². The normalized spacial score (nSPS) is 13.9. The Bertz CT molecular complexity index is 565. The Hall–Kier alpha value is -1.78. The van der Waals surface area contributed by atoms with Gasteiger partial charge in [0.2, 0.25) is 0 Å². The predicted molar refractivity (Wildman–Crippen MR) is 82.5 cm³/mol. The molecule has 0 aliphatic rings. The van der Waals surface area contributed by atoms with Gasteiger partial charge >= 0.3 is 0 Å². The van der Waals surface area contributed by atoms with Gasteiger partial charge in [-0.25, -0.2) is 0 Å². The Kier molecular flexibility index (Phi) is 5.42. The van der Waals surface area contributed by atoms with Crippen molar-refractivity contribution >= 4 is 0 Å². The zero-order chi connectivity index (χ0) is 15.2. The van der Waals surface area contributed by atoms with E-state index in [2.05, 4.69) is 12.2 Å². The molecule has 2 atom stereocenters. The molecule has 2 rings (SSSR count). The van der Waals surface area contributed by atoms with E-state index in [0.29, 0.717) is 6.54 Å². The molecule has 1 heterocycles. The van der Waals surface area contributed by atoms with E-state index >= 15 is 0 Å². The quantitative estimate of drug-likeness (QED) is 0.821. The van der Waals surface area contributed by atoms with Crippen molar-refractivity contribution in [2.45, 2.75) is 32.4 Å². The van der Waals surface area contributed by atoms with Crippen LogP contribution in [0.3, 0.4) is 0 Å². The van der Waals surface area contributed by atoms with Crippen LogP contribution >= 0.6 is 0 Å². The summed E-state index contributed by atoms with van der Waals surface area (Å²) in [6, 6.07) is 11.5. The maximum absolute atomic E-state index is 10.2. The van der Waals surface area contributed by atoms with E-state index in [1.807, 2.05) is 43.3 Å². The van der Waals surface area contributed by atoms with E-state index in [9.17, 15) is 5.11 Å². The monoisotopic (exact) mass is 289 g/mol. The van der Waals surface area contributed by atoms with E-state index in [0.717, 1.165) is 29.3 Å². The average Bonchev–Trinajstić information content (AvgIpc) is 3.01. The molecular formula is C17H23NO3. The minimum absolute atomic E-state index is 0.0607. The molecule has 1 aromatic heterocycles. The number of ether oxygens (including phenoxy) is 1. The lowest BCUT2D eigenvalue weighted by molar-refractivity contribution is 0.168. The van der Waals surface area contributed by atoms with Crippen molar-refractivity contribution in [3.8, 4) is 5.75 Å². The van der Waals surface area contributed by atoms with Gasteiger partial charge in [-0.05, 0) is 36.8 Å². The van der Waals surface area contributed by atoms with Crippen LogP contribution in [0, 0.1) is 0 Å². The van der Waals surface area contributed by atoms with E-state index in [-0.39, 0.29) is 6.04 Å². The smallest absolute Gasteiger partial charge is 0.120 e. The van der Waals surface area contributed by atoms with Gasteiger partial charge in [0.15, 0.2) is 0 Å². The largest absolute Gasteiger partial charge is 0.497 e. The van der Waals surface area contributed by atoms with Crippen molar-refractivity contribution in [2.75, 3.05) is 13.7 Å². The molecule has 0 unspecified atom stereocenters. The molecule has 0 fully saturated rings. The van der Waals surface area contributed by atoms with Gasteiger partial charge in [0, 0.05) is 13.0 Å². The standard InChI is InChI=1S/C17H23NO3/c1-4-14-8-9-17(21-14)12(2)18-11-16(19)13-6-5-7-15(10-13)20-3/h5-10,12,16,18-19H,4,11H2,1-3H3/t12-,16+/m1/s1. The number of aliphatic hydroxyl groups excluding tert-OH is 1. The molecule has 0 saturated heterocycles. The molecule has 0 bridgehead atoms. The van der Waals surface area contributed by atoms with Crippen LogP contribution in [0.5, 0.6) is 5.75 Å². The fourth-order valence-corrected chi connectivity index (χ4v) is 2.17. The molecule has 0 aliphatic heterocycles. The summed E-state index contributed by atoms with van der Waals surface area (Å²) < 4.78 is 10.9. The van der Waals surface area contributed by atoms with Gasteiger partial charge in [0.05, 0.1) is 19.3 Å². The highest BCUT2D eigenvalue weighted by Crippen LogP contribution is 2.20. The van der Waals surface area contributed by atoms with Gasteiger partial charge < -0.3 is 19.6 Å². The fourth-order valence-electron chi connectivity index (χ4n) is 2.17. The maximum atomic E-state index is 10.2. The van der Waals surface area contributed by atoms with Crippen LogP contribution in [-0.4, -0.2) is 18.8 Å². The molecule has 2 aromatic rings. The fraction of sp³-hybridized carbons (Fsp3) is 0.412. The number of aliphatic hydroxyl groups is 1. The number of methoxy groups -OCH3 is 1. The summed E-state index contributed by atoms with van der Waals surface area (Å²) in [6.07, 6.45) is 0.308. The lowest BCUT2D eigenvalue weighted by Crippen LogP contribution is -2.24. The Balaban J connectivity index is 1.92. The SMILES string of the molecule is CCc1ccc([C@@H](C)NC[C@H](O)c2cccc(OC)c2)o1. The highest BCUT2D eigenvalue weighted by molar-refractivity contribution is 5.30. The Morgan fingerprint density at radius 3 is 2.76 bits per heavy atom. The Morgan fingerprint density at radius 2 is 2.10 bits per heavy atom. The Morgan fingerprint density at radius 1 is 1.29 bits per heavy atom. The second kappa shape index (κ2) is 7.29. The molecule has 0 spiro atoms. The molecule has 0 aliphatic carbocycles. The maximum Gasteiger partial charge on any atom is 0.120 e. The summed E-state index contributed by atoms with van der Waals surface area (Å²) in [6.45, 7) is 4.54. The third-order valence-corrected chi connectivity index (χ3v) is 3.55. The molecule has 114 valence electrons. The van der Waals surface area contributed by atoms with Gasteiger partial charge in [0.25, 0.3) is 0 Å². The molecule has 4 nitrogen and oxygen atoms in total. The first-order valence-electron chi connectivity index (χ1n) is 7.28. The second-order valence-electron chi connectivity index (χ2n) is 5.08. The molecule has 4 heteroatoms. The molecule has 0 amide bonds. The Labute approximate surface area is 125 Å². The number of hydrogen-bond acceptors (Lipinski definition) is 4. The number of furan rings is 1. The zero-order valence-electron chi connectivity index (χ0n) is 12.8. The minimum Gasteiger partial charge on any atom is -0.497 e. The summed E-state index contributed by atoms with van der Waals surface area (Å²) in [5, 5.41) is 13.5. The summed E-state index contributed by atoms with van der Waals surface area (Å²) in [7, 11) is 1.62. The first kappa shape index (κ1) is 15.6. The van der Waals surface area contributed by atoms with Crippen molar-refractivity contribution in [3.63, 3.8) is 0 Å². The number of aryl methyl sites for hydroxylation is 1. The highest BCUT2D eigenvalue weighted by Gasteiger charge is 2.13. The second-order valence-corrected chi connectivity index (χ2v) is 5.08. The zero-order valence-corrected chi connectivity index (χ0v) is 12.8. The van der Waals surface area contributed by atoms with E-state index in [4.69, 9.17) is 9.15 Å². The van der Waals surface area contributed by atoms with Crippen LogP contribution in [0.2, 0.25) is 0 Å². The summed E-state index contributed by atoms with van der Waals surface area (Å²) in [4.78, 5) is 0. The summed E-state index contributed by atoms with van der Waals surface area (Å²) >= 11 is 0. The van der Waals surface area contributed by atoms with Crippen LogP contribution < -0.4 is 10.1 Å². The lowest BCUT2D eigenvalue weighted by Gasteiger charge is -2.16. The average molecular weight is 289 g/mol. The van der Waals surface area contributed by atoms with Crippen molar-refractivity contribution in [1.82, 2.24) is 5.32 Å². The van der Waals surface area contributed by atoms with Crippen molar-refractivity contribution in [2.24, 2.45) is 0 Å². The van der Waals surface area contributed by atoms with Crippen molar-refractivity contribution < 1.29 is 14.3 Å². The van der Waals surface area contributed by atoms with Gasteiger partial charge in [-0.15, -0.1) is 0 Å². The number of benzene rings is 1. The first-order valence-corrected chi connectivity index (χ1v) is 7.28. The van der Waals surface area contributed by atoms with Crippen molar-refractivity contribution in [1.29, 1.82) is 0 Å². The summed E-state index contributed by atoms with van der Waals surface area (Å²) in [5.74, 6) is 2.62. The first-order chi connectivity index (χ1) is 10.1. The van der Waals surface area contributed by atoms with E-state index in [1.165, 1.54) is 0 Å². The molecule has 0 radical (unpaired) electrons. The molecule has 0 saturated carbocycles. The van der Waals surface area contributed by atoms with Gasteiger partial charge in [-0.3, -0.25) is 0 Å². The van der Waals surface area contributed by atoms with E-state index < -0.39 is 6.10 Å². The van der Waals surface area contributed by atoms with Gasteiger partial charge in [0.1, 0.15) is 17.3 Å². The van der Waals surface area contributed by atoms with Crippen molar-refractivity contribution in [3.05, 3.63) is 53.5 Å². The van der Waals surface area contributed by atoms with Crippen LogP contribution in [0.4, 0.5) is 0 Å². The van der Waals surface area contributed by atoms with Crippen LogP contribution in [0.15, 0.2) is 40.8 Å². The molecule has 21 heavy (non-hydrogen) atoms. The van der Waals surface area contributed by atoms with Crippen LogP contribution in [0.1, 0.15) is 43.1 Å². The lowest BCUT2D eigenvalue weighted by atomic mass is 10.1. The third-order valence-electron chi connectivity index (χ3n) is 3.55. The highest BCUT2D eigenvalue weighted by atomic mass is 16.5. The number of hydrogen-bond donors (Lipinski definition) is 2. The molecule has 1 aromatic carbocycles. The van der Waals surface area contributed by atoms with Gasteiger partial charge in [-0.1, -0.05) is 19.1 Å². The van der Waals surface area contributed by atoms with Crippen LogP contribution in [0.25, 0.3) is 0 Å². The molecular weight excluding hydrogens is 266 g/mol.